The van der Waals surface area contributed by atoms with Crippen LogP contribution in [0.1, 0.15) is 11.1 Å². The van der Waals surface area contributed by atoms with Crippen molar-refractivity contribution in [3.63, 3.8) is 0 Å². The molecule has 1 heterocycles. The molecule has 1 amide bonds. The van der Waals surface area contributed by atoms with Crippen molar-refractivity contribution < 1.29 is 9.53 Å². The largest absolute Gasteiger partial charge is 0.383 e. The van der Waals surface area contributed by atoms with Crippen molar-refractivity contribution in [3.8, 4) is 0 Å². The molecule has 1 aromatic heterocycles. The number of nitrogens with one attached hydrogen (secondary N) is 1. The molecule has 118 valence electrons. The Balaban J connectivity index is 1.87. The highest BCUT2D eigenvalue weighted by Crippen LogP contribution is 2.17. The van der Waals surface area contributed by atoms with Gasteiger partial charge in [0.25, 0.3) is 0 Å². The molecule has 0 spiro atoms. The minimum absolute atomic E-state index is 0.0606. The topological polar surface area (TPSA) is 69.0 Å². The summed E-state index contributed by atoms with van der Waals surface area (Å²) in [4.78, 5) is 12.0. The summed E-state index contributed by atoms with van der Waals surface area (Å²) in [6.45, 7) is 5.33. The van der Waals surface area contributed by atoms with Crippen LogP contribution < -0.4 is 5.32 Å². The van der Waals surface area contributed by atoms with Gasteiger partial charge in [0, 0.05) is 19.3 Å². The summed E-state index contributed by atoms with van der Waals surface area (Å²) in [6.07, 6.45) is 1.64. The first kappa shape index (κ1) is 16.5. The molecule has 7 heteroatoms. The number of hydrogen-bond acceptors (Lipinski definition) is 5. The first-order chi connectivity index (χ1) is 10.6. The van der Waals surface area contributed by atoms with Crippen LogP contribution in [0.15, 0.2) is 29.7 Å². The van der Waals surface area contributed by atoms with Gasteiger partial charge in [-0.1, -0.05) is 17.8 Å². The van der Waals surface area contributed by atoms with Crippen molar-refractivity contribution in [1.29, 1.82) is 0 Å². The van der Waals surface area contributed by atoms with Crippen molar-refractivity contribution in [3.05, 3.63) is 35.7 Å². The second kappa shape index (κ2) is 7.95. The van der Waals surface area contributed by atoms with Crippen molar-refractivity contribution in [2.24, 2.45) is 0 Å². The van der Waals surface area contributed by atoms with Gasteiger partial charge in [-0.25, -0.2) is 0 Å². The Morgan fingerprint density at radius 2 is 2.18 bits per heavy atom. The van der Waals surface area contributed by atoms with Gasteiger partial charge in [0.15, 0.2) is 5.16 Å². The first-order valence-electron chi connectivity index (χ1n) is 6.97. The highest BCUT2D eigenvalue weighted by Gasteiger charge is 2.09. The predicted octanol–water partition coefficient (Wildman–Crippen LogP) is 2.27. The van der Waals surface area contributed by atoms with Crippen LogP contribution in [0, 0.1) is 13.8 Å². The van der Waals surface area contributed by atoms with Crippen LogP contribution in [0.2, 0.25) is 0 Å². The number of aromatic nitrogens is 3. The lowest BCUT2D eigenvalue weighted by Gasteiger charge is -2.08. The molecule has 0 bridgehead atoms. The zero-order chi connectivity index (χ0) is 15.9. The number of anilines is 1. The van der Waals surface area contributed by atoms with Crippen LogP contribution in [0.5, 0.6) is 0 Å². The minimum Gasteiger partial charge on any atom is -0.383 e. The van der Waals surface area contributed by atoms with Crippen molar-refractivity contribution in [2.45, 2.75) is 25.5 Å². The van der Waals surface area contributed by atoms with Crippen LogP contribution in [0.25, 0.3) is 0 Å². The van der Waals surface area contributed by atoms with E-state index in [0.29, 0.717) is 24.1 Å². The lowest BCUT2D eigenvalue weighted by atomic mass is 10.1. The third-order valence-corrected chi connectivity index (χ3v) is 4.22. The van der Waals surface area contributed by atoms with E-state index < -0.39 is 0 Å². The van der Waals surface area contributed by atoms with Crippen molar-refractivity contribution >= 4 is 23.4 Å². The molecule has 1 N–H and O–H groups in total. The number of nitrogens with zero attached hydrogens (tertiary/aromatic N) is 3. The molecule has 2 aromatic rings. The highest BCUT2D eigenvalue weighted by atomic mass is 32.2. The highest BCUT2D eigenvalue weighted by molar-refractivity contribution is 7.99. The van der Waals surface area contributed by atoms with Crippen LogP contribution in [-0.4, -0.2) is 40.1 Å². The Morgan fingerprint density at radius 3 is 2.91 bits per heavy atom. The van der Waals surface area contributed by atoms with Gasteiger partial charge < -0.3 is 14.6 Å². The SMILES string of the molecule is COCCn1cnnc1SCC(=O)Nc1ccc(C)c(C)c1. The molecule has 0 saturated carbocycles. The number of benzene rings is 1. The lowest BCUT2D eigenvalue weighted by Crippen LogP contribution is -2.15. The molecule has 0 aliphatic heterocycles. The van der Waals surface area contributed by atoms with Crippen LogP contribution in [-0.2, 0) is 16.1 Å². The zero-order valence-corrected chi connectivity index (χ0v) is 13.8. The summed E-state index contributed by atoms with van der Waals surface area (Å²) < 4.78 is 6.90. The minimum atomic E-state index is -0.0606. The third kappa shape index (κ3) is 4.57. The second-order valence-electron chi connectivity index (χ2n) is 4.94. The number of aryl methyl sites for hydroxylation is 2. The van der Waals surface area contributed by atoms with Gasteiger partial charge in [0.2, 0.25) is 5.91 Å². The average Bonchev–Trinajstić information content (AvgIpc) is 2.94. The number of ether oxygens (including phenoxy) is 1. The Morgan fingerprint density at radius 1 is 1.36 bits per heavy atom. The number of hydrogen-bond donors (Lipinski definition) is 1. The summed E-state index contributed by atoms with van der Waals surface area (Å²) in [5.41, 5.74) is 3.18. The van der Waals surface area contributed by atoms with Gasteiger partial charge in [-0.05, 0) is 37.1 Å². The quantitative estimate of drug-likeness (QED) is 0.793. The maximum absolute atomic E-state index is 12.0. The first-order valence-corrected chi connectivity index (χ1v) is 7.95. The third-order valence-electron chi connectivity index (χ3n) is 3.24. The lowest BCUT2D eigenvalue weighted by molar-refractivity contribution is -0.113. The van der Waals surface area contributed by atoms with E-state index in [1.165, 1.54) is 17.3 Å². The van der Waals surface area contributed by atoms with Crippen LogP contribution in [0.3, 0.4) is 0 Å². The molecular formula is C15H20N4O2S. The molecule has 0 radical (unpaired) electrons. The molecule has 1 aromatic carbocycles. The fourth-order valence-corrected chi connectivity index (χ4v) is 2.59. The van der Waals surface area contributed by atoms with E-state index in [1.54, 1.807) is 13.4 Å². The van der Waals surface area contributed by atoms with E-state index in [4.69, 9.17) is 4.74 Å². The van der Waals surface area contributed by atoms with E-state index in [0.717, 1.165) is 11.3 Å². The van der Waals surface area contributed by atoms with E-state index in [9.17, 15) is 4.79 Å². The predicted molar refractivity (Wildman–Crippen MR) is 87.2 cm³/mol. The smallest absolute Gasteiger partial charge is 0.234 e. The van der Waals surface area contributed by atoms with Gasteiger partial charge in [-0.3, -0.25) is 4.79 Å². The van der Waals surface area contributed by atoms with E-state index >= 15 is 0 Å². The van der Waals surface area contributed by atoms with Crippen molar-refractivity contribution in [1.82, 2.24) is 14.8 Å². The number of rotatable bonds is 7. The van der Waals surface area contributed by atoms with Gasteiger partial charge >= 0.3 is 0 Å². The Hall–Kier alpha value is -1.86. The zero-order valence-electron chi connectivity index (χ0n) is 13.0. The Bertz CT molecular complexity index is 642. The standard InChI is InChI=1S/C15H20N4O2S/c1-11-4-5-13(8-12(11)2)17-14(20)9-22-15-18-16-10-19(15)6-7-21-3/h4-5,8,10H,6-7,9H2,1-3H3,(H,17,20). The molecule has 6 nitrogen and oxygen atoms in total. The van der Waals surface area contributed by atoms with Gasteiger partial charge in [-0.15, -0.1) is 10.2 Å². The summed E-state index contributed by atoms with van der Waals surface area (Å²) in [5, 5.41) is 11.5. The maximum atomic E-state index is 12.0. The van der Waals surface area contributed by atoms with Gasteiger partial charge in [0.05, 0.1) is 12.4 Å². The van der Waals surface area contributed by atoms with Crippen LogP contribution in [0.4, 0.5) is 5.69 Å². The van der Waals surface area contributed by atoms with Crippen LogP contribution >= 0.6 is 11.8 Å². The monoisotopic (exact) mass is 320 g/mol. The summed E-state index contributed by atoms with van der Waals surface area (Å²) in [6, 6.07) is 5.88. The molecule has 0 unspecified atom stereocenters. The number of thioether (sulfide) groups is 1. The number of methoxy groups -OCH3 is 1. The number of amides is 1. The molecule has 22 heavy (non-hydrogen) atoms. The average molecular weight is 320 g/mol. The maximum Gasteiger partial charge on any atom is 0.234 e. The molecule has 0 fully saturated rings. The van der Waals surface area contributed by atoms with Gasteiger partial charge in [0.1, 0.15) is 6.33 Å². The number of carbonyl (C=O) groups is 1. The molecule has 0 atom stereocenters. The van der Waals surface area contributed by atoms with E-state index in [2.05, 4.69) is 15.5 Å². The molecule has 0 saturated heterocycles. The molecule has 0 aliphatic rings. The molecule has 2 rings (SSSR count). The normalized spacial score (nSPS) is 10.7. The Kier molecular flexibility index (Phi) is 5.97. The summed E-state index contributed by atoms with van der Waals surface area (Å²) >= 11 is 1.36. The summed E-state index contributed by atoms with van der Waals surface area (Å²) in [7, 11) is 1.65. The van der Waals surface area contributed by atoms with E-state index in [1.807, 2.05) is 36.6 Å². The summed E-state index contributed by atoms with van der Waals surface area (Å²) in [5.74, 6) is 0.230. The van der Waals surface area contributed by atoms with E-state index in [-0.39, 0.29) is 5.91 Å². The number of carbonyl (C=O) groups excluding carboxylic acids is 1. The second-order valence-corrected chi connectivity index (χ2v) is 5.88. The fraction of sp³-hybridized carbons (Fsp3) is 0.400. The van der Waals surface area contributed by atoms with Crippen molar-refractivity contribution in [2.75, 3.05) is 24.8 Å². The molecular weight excluding hydrogens is 300 g/mol. The fourth-order valence-electron chi connectivity index (χ4n) is 1.85. The molecule has 0 aliphatic carbocycles. The Labute approximate surface area is 134 Å². The van der Waals surface area contributed by atoms with Gasteiger partial charge in [-0.2, -0.15) is 0 Å².